The van der Waals surface area contributed by atoms with E-state index >= 15 is 0 Å². The van der Waals surface area contributed by atoms with Crippen LogP contribution in [0.5, 0.6) is 5.75 Å². The number of aromatic nitrogens is 2. The average Bonchev–Trinajstić information content (AvgIpc) is 2.93. The van der Waals surface area contributed by atoms with Crippen LogP contribution in [0.25, 0.3) is 0 Å². The molecule has 112 valence electrons. The number of rotatable bonds is 7. The molecule has 1 N–H and O–H groups in total. The molecule has 2 aromatic rings. The summed E-state index contributed by atoms with van der Waals surface area (Å²) in [5.74, 6) is 0.429. The number of carbonyl (C=O) groups is 1. The van der Waals surface area contributed by atoms with Crippen molar-refractivity contribution in [3.63, 3.8) is 0 Å². The monoisotopic (exact) mass is 307 g/mol. The first-order chi connectivity index (χ1) is 10.2. The maximum atomic E-state index is 12.2. The number of hydrogen-bond acceptors (Lipinski definition) is 6. The van der Waals surface area contributed by atoms with Crippen LogP contribution in [0.3, 0.4) is 0 Å². The molecule has 6 nitrogen and oxygen atoms in total. The number of nitrogens with one attached hydrogen (secondary N) is 1. The van der Waals surface area contributed by atoms with Gasteiger partial charge >= 0.3 is 0 Å². The molecule has 1 aromatic heterocycles. The normalized spacial score (nSPS) is 11.9. The summed E-state index contributed by atoms with van der Waals surface area (Å²) in [7, 11) is 1.58. The van der Waals surface area contributed by atoms with Gasteiger partial charge in [-0.1, -0.05) is 36.5 Å². The van der Waals surface area contributed by atoms with E-state index in [1.54, 1.807) is 7.11 Å². The fraction of sp³-hybridized carbons (Fsp3) is 0.357. The molecular weight excluding hydrogens is 290 g/mol. The number of ether oxygens (including phenoxy) is 2. The third-order valence-corrected chi connectivity index (χ3v) is 3.46. The molecule has 21 heavy (non-hydrogen) atoms. The standard InChI is InChI=1S/C14H17N3O3S/c1-3-11(20-10-7-5-4-6-8-10)13(18)15-14-17-16-12(21-14)9-19-2/h4-8,11H,3,9H2,1-2H3,(H,15,17,18)/t11-/m1/s1. The SMILES string of the molecule is CC[C@@H](Oc1ccccc1)C(=O)Nc1nnc(COC)s1. The lowest BCUT2D eigenvalue weighted by Gasteiger charge is -2.16. The molecule has 1 amide bonds. The van der Waals surface area contributed by atoms with Gasteiger partial charge in [0.25, 0.3) is 5.91 Å². The quantitative estimate of drug-likeness (QED) is 0.850. The van der Waals surface area contributed by atoms with Crippen LogP contribution in [-0.2, 0) is 16.1 Å². The van der Waals surface area contributed by atoms with Gasteiger partial charge in [0, 0.05) is 7.11 Å². The summed E-state index contributed by atoms with van der Waals surface area (Å²) in [5, 5.41) is 11.7. The Hall–Kier alpha value is -1.99. The molecule has 1 aromatic carbocycles. The number of amides is 1. The molecule has 0 aliphatic carbocycles. The fourth-order valence-corrected chi connectivity index (χ4v) is 2.37. The first-order valence-corrected chi connectivity index (χ1v) is 7.38. The number of nitrogens with zero attached hydrogens (tertiary/aromatic N) is 2. The number of methoxy groups -OCH3 is 1. The predicted octanol–water partition coefficient (Wildman–Crippen LogP) is 2.48. The number of benzene rings is 1. The molecule has 0 unspecified atom stereocenters. The van der Waals surface area contributed by atoms with Crippen LogP contribution >= 0.6 is 11.3 Å². The zero-order valence-corrected chi connectivity index (χ0v) is 12.7. The number of para-hydroxylation sites is 1. The predicted molar refractivity (Wildman–Crippen MR) is 80.4 cm³/mol. The van der Waals surface area contributed by atoms with Gasteiger partial charge < -0.3 is 9.47 Å². The van der Waals surface area contributed by atoms with Crippen molar-refractivity contribution in [1.29, 1.82) is 0 Å². The van der Waals surface area contributed by atoms with Gasteiger partial charge in [0.1, 0.15) is 17.4 Å². The van der Waals surface area contributed by atoms with Crippen molar-refractivity contribution in [2.75, 3.05) is 12.4 Å². The Morgan fingerprint density at radius 3 is 2.76 bits per heavy atom. The Morgan fingerprint density at radius 2 is 2.10 bits per heavy atom. The van der Waals surface area contributed by atoms with E-state index in [1.165, 1.54) is 11.3 Å². The van der Waals surface area contributed by atoms with Crippen LogP contribution in [0.4, 0.5) is 5.13 Å². The largest absolute Gasteiger partial charge is 0.481 e. The third-order valence-electron chi connectivity index (χ3n) is 2.65. The van der Waals surface area contributed by atoms with Crippen molar-refractivity contribution in [3.05, 3.63) is 35.3 Å². The van der Waals surface area contributed by atoms with Crippen LogP contribution in [0.15, 0.2) is 30.3 Å². The van der Waals surface area contributed by atoms with Gasteiger partial charge in [-0.3, -0.25) is 10.1 Å². The lowest BCUT2D eigenvalue weighted by atomic mass is 10.2. The van der Waals surface area contributed by atoms with E-state index in [0.717, 1.165) is 0 Å². The number of anilines is 1. The lowest BCUT2D eigenvalue weighted by Crippen LogP contribution is -2.32. The molecule has 0 aliphatic rings. The minimum atomic E-state index is -0.567. The molecule has 0 radical (unpaired) electrons. The van der Waals surface area contributed by atoms with E-state index in [0.29, 0.717) is 28.9 Å². The van der Waals surface area contributed by atoms with Crippen molar-refractivity contribution in [2.45, 2.75) is 26.1 Å². The van der Waals surface area contributed by atoms with E-state index in [1.807, 2.05) is 37.3 Å². The number of carbonyl (C=O) groups excluding carboxylic acids is 1. The second kappa shape index (κ2) is 7.70. The summed E-state index contributed by atoms with van der Waals surface area (Å²) in [6.45, 7) is 2.27. The number of hydrogen-bond donors (Lipinski definition) is 1. The second-order valence-electron chi connectivity index (χ2n) is 4.25. The Labute approximate surface area is 127 Å². The summed E-state index contributed by atoms with van der Waals surface area (Å²) < 4.78 is 10.6. The zero-order valence-electron chi connectivity index (χ0n) is 11.9. The highest BCUT2D eigenvalue weighted by Gasteiger charge is 2.20. The fourth-order valence-electron chi connectivity index (χ4n) is 1.66. The maximum Gasteiger partial charge on any atom is 0.267 e. The molecule has 7 heteroatoms. The first kappa shape index (κ1) is 15.4. The maximum absolute atomic E-state index is 12.2. The Kier molecular flexibility index (Phi) is 5.65. The Balaban J connectivity index is 1.96. The van der Waals surface area contributed by atoms with E-state index in [2.05, 4.69) is 15.5 Å². The molecule has 2 rings (SSSR count). The molecule has 0 bridgehead atoms. The molecule has 1 atom stereocenters. The zero-order chi connectivity index (χ0) is 15.1. The summed E-state index contributed by atoms with van der Waals surface area (Å²) in [6.07, 6.45) is -0.00745. The van der Waals surface area contributed by atoms with Crippen LogP contribution < -0.4 is 10.1 Å². The Morgan fingerprint density at radius 1 is 1.33 bits per heavy atom. The lowest BCUT2D eigenvalue weighted by molar-refractivity contribution is -0.122. The van der Waals surface area contributed by atoms with E-state index in [-0.39, 0.29) is 5.91 Å². The van der Waals surface area contributed by atoms with Crippen LogP contribution in [0.1, 0.15) is 18.4 Å². The van der Waals surface area contributed by atoms with E-state index in [4.69, 9.17) is 9.47 Å². The van der Waals surface area contributed by atoms with Gasteiger partial charge in [-0.15, -0.1) is 10.2 Å². The molecule has 0 saturated heterocycles. The average molecular weight is 307 g/mol. The van der Waals surface area contributed by atoms with Gasteiger partial charge in [-0.05, 0) is 18.6 Å². The molecule has 0 fully saturated rings. The highest BCUT2D eigenvalue weighted by atomic mass is 32.1. The van der Waals surface area contributed by atoms with Gasteiger partial charge in [0.05, 0.1) is 0 Å². The first-order valence-electron chi connectivity index (χ1n) is 6.56. The van der Waals surface area contributed by atoms with E-state index in [9.17, 15) is 4.79 Å². The topological polar surface area (TPSA) is 73.3 Å². The van der Waals surface area contributed by atoms with Crippen LogP contribution in [0.2, 0.25) is 0 Å². The van der Waals surface area contributed by atoms with Gasteiger partial charge in [-0.25, -0.2) is 0 Å². The molecule has 0 aliphatic heterocycles. The van der Waals surface area contributed by atoms with Gasteiger partial charge in [-0.2, -0.15) is 0 Å². The molecular formula is C14H17N3O3S. The molecule has 0 saturated carbocycles. The van der Waals surface area contributed by atoms with Crippen molar-refractivity contribution in [3.8, 4) is 5.75 Å². The minimum Gasteiger partial charge on any atom is -0.481 e. The highest BCUT2D eigenvalue weighted by Crippen LogP contribution is 2.18. The third kappa shape index (κ3) is 4.51. The van der Waals surface area contributed by atoms with E-state index < -0.39 is 6.10 Å². The van der Waals surface area contributed by atoms with Crippen molar-refractivity contribution < 1.29 is 14.3 Å². The van der Waals surface area contributed by atoms with Gasteiger partial charge in [0.2, 0.25) is 5.13 Å². The smallest absolute Gasteiger partial charge is 0.267 e. The Bertz CT molecular complexity index is 574. The summed E-state index contributed by atoms with van der Waals surface area (Å²) in [4.78, 5) is 12.2. The van der Waals surface area contributed by atoms with Crippen molar-refractivity contribution >= 4 is 22.4 Å². The van der Waals surface area contributed by atoms with Gasteiger partial charge in [0.15, 0.2) is 6.10 Å². The highest BCUT2D eigenvalue weighted by molar-refractivity contribution is 7.15. The summed E-state index contributed by atoms with van der Waals surface area (Å²) >= 11 is 1.29. The minimum absolute atomic E-state index is 0.235. The summed E-state index contributed by atoms with van der Waals surface area (Å²) in [6, 6.07) is 9.26. The molecule has 1 heterocycles. The van der Waals surface area contributed by atoms with Crippen molar-refractivity contribution in [1.82, 2.24) is 10.2 Å². The van der Waals surface area contributed by atoms with Crippen LogP contribution in [-0.4, -0.2) is 29.3 Å². The molecule has 0 spiro atoms. The van der Waals surface area contributed by atoms with Crippen LogP contribution in [0, 0.1) is 0 Å². The van der Waals surface area contributed by atoms with Crippen molar-refractivity contribution in [2.24, 2.45) is 0 Å². The second-order valence-corrected chi connectivity index (χ2v) is 5.31. The summed E-state index contributed by atoms with van der Waals surface area (Å²) in [5.41, 5.74) is 0.